The van der Waals surface area contributed by atoms with Crippen molar-refractivity contribution in [3.05, 3.63) is 64.2 Å². The van der Waals surface area contributed by atoms with E-state index in [2.05, 4.69) is 10.3 Å². The number of halogens is 1. The van der Waals surface area contributed by atoms with Crippen molar-refractivity contribution in [2.75, 3.05) is 6.54 Å². The average molecular weight is 382 g/mol. The lowest BCUT2D eigenvalue weighted by molar-refractivity contribution is -0.124. The molecule has 1 fully saturated rings. The van der Waals surface area contributed by atoms with Crippen LogP contribution in [0, 0.1) is 32.6 Å². The van der Waals surface area contributed by atoms with Gasteiger partial charge in [-0.3, -0.25) is 14.4 Å². The number of aryl methyl sites for hydroxylation is 3. The van der Waals surface area contributed by atoms with Crippen LogP contribution in [-0.2, 0) is 9.59 Å². The largest absolute Gasteiger partial charge is 0.351 e. The Kier molecular flexibility index (Phi) is 5.68. The Bertz CT molecular complexity index is 932. The molecule has 146 valence electrons. The van der Waals surface area contributed by atoms with Crippen LogP contribution in [0.5, 0.6) is 0 Å². The van der Waals surface area contributed by atoms with Gasteiger partial charge in [0.2, 0.25) is 5.95 Å². The normalized spacial score (nSPS) is 19.1. The molecule has 1 aromatic carbocycles. The minimum atomic E-state index is -0.726. The van der Waals surface area contributed by atoms with Crippen molar-refractivity contribution in [2.45, 2.75) is 39.5 Å². The molecule has 1 amide bonds. The van der Waals surface area contributed by atoms with Gasteiger partial charge in [0.05, 0.1) is 0 Å². The molecule has 1 aromatic heterocycles. The quantitative estimate of drug-likeness (QED) is 0.636. The summed E-state index contributed by atoms with van der Waals surface area (Å²) in [5, 5.41) is 2.64. The summed E-state index contributed by atoms with van der Waals surface area (Å²) in [5.41, 5.74) is 3.81. The molecule has 5 nitrogen and oxygen atoms in total. The first kappa shape index (κ1) is 19.9. The van der Waals surface area contributed by atoms with Gasteiger partial charge in [-0.05, 0) is 56.0 Å². The molecule has 0 spiro atoms. The summed E-state index contributed by atoms with van der Waals surface area (Å²) in [6, 6.07) is 7.97. The van der Waals surface area contributed by atoms with Gasteiger partial charge in [-0.2, -0.15) is 4.39 Å². The summed E-state index contributed by atoms with van der Waals surface area (Å²) in [4.78, 5) is 41.0. The van der Waals surface area contributed by atoms with Crippen LogP contribution in [0.4, 0.5) is 4.39 Å². The maximum atomic E-state index is 13.1. The molecular formula is C22H23FN2O3. The number of amides is 1. The first-order chi connectivity index (χ1) is 13.3. The highest BCUT2D eigenvalue weighted by atomic mass is 19.1. The van der Waals surface area contributed by atoms with Crippen LogP contribution in [0.15, 0.2) is 30.3 Å². The number of pyridine rings is 1. The highest BCUT2D eigenvalue weighted by molar-refractivity contribution is 6.15. The number of Topliss-reactive ketones (excluding diaryl/α,β-unsaturated/α-hetero) is 2. The summed E-state index contributed by atoms with van der Waals surface area (Å²) >= 11 is 0. The van der Waals surface area contributed by atoms with Crippen LogP contribution in [0.3, 0.4) is 0 Å². The molecule has 3 rings (SSSR count). The van der Waals surface area contributed by atoms with Crippen molar-refractivity contribution in [1.29, 1.82) is 0 Å². The molecule has 0 radical (unpaired) electrons. The molecule has 0 aliphatic heterocycles. The molecule has 2 aromatic rings. The zero-order valence-electron chi connectivity index (χ0n) is 16.2. The average Bonchev–Trinajstić information content (AvgIpc) is 2.89. The number of benzene rings is 1. The smallest absolute Gasteiger partial charge is 0.269 e. The molecule has 1 aliphatic carbocycles. The highest BCUT2D eigenvalue weighted by Crippen LogP contribution is 2.37. The van der Waals surface area contributed by atoms with E-state index in [0.717, 1.165) is 28.3 Å². The summed E-state index contributed by atoms with van der Waals surface area (Å²) in [7, 11) is 0. The van der Waals surface area contributed by atoms with Crippen LogP contribution in [-0.4, -0.2) is 29.0 Å². The predicted octanol–water partition coefficient (Wildman–Crippen LogP) is 3.21. The van der Waals surface area contributed by atoms with Gasteiger partial charge in [0, 0.05) is 18.9 Å². The summed E-state index contributed by atoms with van der Waals surface area (Å²) < 4.78 is 13.1. The summed E-state index contributed by atoms with van der Waals surface area (Å²) in [6.07, 6.45) is 0.552. The van der Waals surface area contributed by atoms with E-state index in [1.165, 1.54) is 12.1 Å². The van der Waals surface area contributed by atoms with Gasteiger partial charge in [-0.1, -0.05) is 23.8 Å². The monoisotopic (exact) mass is 382 g/mol. The van der Waals surface area contributed by atoms with Gasteiger partial charge in [0.1, 0.15) is 17.4 Å². The van der Waals surface area contributed by atoms with Gasteiger partial charge in [0.25, 0.3) is 5.91 Å². The topological polar surface area (TPSA) is 76.1 Å². The first-order valence-electron chi connectivity index (χ1n) is 9.33. The van der Waals surface area contributed by atoms with E-state index in [1.54, 1.807) is 0 Å². The van der Waals surface area contributed by atoms with E-state index in [-0.39, 0.29) is 30.2 Å². The number of hydrogen-bond acceptors (Lipinski definition) is 4. The van der Waals surface area contributed by atoms with Crippen molar-refractivity contribution < 1.29 is 18.8 Å². The first-order valence-corrected chi connectivity index (χ1v) is 9.33. The molecule has 1 aliphatic rings. The number of carbonyl (C=O) groups is 3. The Balaban J connectivity index is 1.65. The molecule has 2 atom stereocenters. The van der Waals surface area contributed by atoms with Gasteiger partial charge < -0.3 is 5.32 Å². The number of ketones is 2. The zero-order chi connectivity index (χ0) is 20.4. The minimum absolute atomic E-state index is 0.0161. The van der Waals surface area contributed by atoms with Crippen LogP contribution in [0.2, 0.25) is 0 Å². The number of aromatic nitrogens is 1. The molecule has 28 heavy (non-hydrogen) atoms. The van der Waals surface area contributed by atoms with E-state index in [9.17, 15) is 18.8 Å². The molecule has 0 saturated heterocycles. The second kappa shape index (κ2) is 8.00. The molecule has 1 N–H and O–H groups in total. The Morgan fingerprint density at radius 2 is 1.86 bits per heavy atom. The lowest BCUT2D eigenvalue weighted by Gasteiger charge is -2.16. The standard InChI is InChI=1S/C22H23FN2O3/c1-12-9-13(2)19(14(3)10-12)20-17(26)11-15(21(20)27)7-8-24-22(28)16-5-4-6-18(23)25-16/h4-6,9-10,15,20H,7-8,11H2,1-3H3,(H,24,28)/t15-,20?/m0/s1. The van der Waals surface area contributed by atoms with Crippen molar-refractivity contribution in [3.63, 3.8) is 0 Å². The lowest BCUT2D eigenvalue weighted by atomic mass is 9.86. The molecule has 6 heteroatoms. The fourth-order valence-electron chi connectivity index (χ4n) is 4.03. The van der Waals surface area contributed by atoms with E-state index in [1.807, 2.05) is 32.9 Å². The van der Waals surface area contributed by atoms with Crippen LogP contribution >= 0.6 is 0 Å². The third-order valence-corrected chi connectivity index (χ3v) is 5.21. The zero-order valence-corrected chi connectivity index (χ0v) is 16.2. The van der Waals surface area contributed by atoms with Crippen LogP contribution in [0.1, 0.15) is 51.5 Å². The van der Waals surface area contributed by atoms with Gasteiger partial charge in [0.15, 0.2) is 5.78 Å². The van der Waals surface area contributed by atoms with E-state index in [4.69, 9.17) is 0 Å². The van der Waals surface area contributed by atoms with Crippen molar-refractivity contribution >= 4 is 17.5 Å². The molecule has 0 bridgehead atoms. The second-order valence-electron chi connectivity index (χ2n) is 7.41. The number of nitrogens with one attached hydrogen (secondary N) is 1. The van der Waals surface area contributed by atoms with E-state index >= 15 is 0 Å². The van der Waals surface area contributed by atoms with Crippen molar-refractivity contribution in [3.8, 4) is 0 Å². The maximum absolute atomic E-state index is 13.1. The molecule has 1 saturated carbocycles. The SMILES string of the molecule is Cc1cc(C)c(C2C(=O)C[C@H](CCNC(=O)c3cccc(F)n3)C2=O)c(C)c1. The molecule has 1 heterocycles. The molecule has 1 unspecified atom stereocenters. The minimum Gasteiger partial charge on any atom is -0.351 e. The Hall–Kier alpha value is -2.89. The Morgan fingerprint density at radius 1 is 1.18 bits per heavy atom. The van der Waals surface area contributed by atoms with E-state index in [0.29, 0.717) is 6.42 Å². The summed E-state index contributed by atoms with van der Waals surface area (Å²) in [6.45, 7) is 6.06. The van der Waals surface area contributed by atoms with E-state index < -0.39 is 23.7 Å². The Morgan fingerprint density at radius 3 is 2.50 bits per heavy atom. The lowest BCUT2D eigenvalue weighted by Crippen LogP contribution is -2.28. The number of carbonyl (C=O) groups excluding carboxylic acids is 3. The highest BCUT2D eigenvalue weighted by Gasteiger charge is 2.42. The van der Waals surface area contributed by atoms with Crippen molar-refractivity contribution in [2.24, 2.45) is 5.92 Å². The van der Waals surface area contributed by atoms with Gasteiger partial charge in [-0.25, -0.2) is 4.98 Å². The molecular weight excluding hydrogens is 359 g/mol. The fraction of sp³-hybridized carbons (Fsp3) is 0.364. The maximum Gasteiger partial charge on any atom is 0.269 e. The van der Waals surface area contributed by atoms with Gasteiger partial charge in [-0.15, -0.1) is 0 Å². The number of hydrogen-bond donors (Lipinski definition) is 1. The second-order valence-corrected chi connectivity index (χ2v) is 7.41. The van der Waals surface area contributed by atoms with Gasteiger partial charge >= 0.3 is 0 Å². The fourth-order valence-corrected chi connectivity index (χ4v) is 4.03. The Labute approximate surface area is 163 Å². The van der Waals surface area contributed by atoms with Crippen molar-refractivity contribution in [1.82, 2.24) is 10.3 Å². The third kappa shape index (κ3) is 4.01. The van der Waals surface area contributed by atoms with Crippen LogP contribution in [0.25, 0.3) is 0 Å². The number of rotatable bonds is 5. The number of nitrogens with zero attached hydrogens (tertiary/aromatic N) is 1. The predicted molar refractivity (Wildman–Crippen MR) is 103 cm³/mol. The third-order valence-electron chi connectivity index (χ3n) is 5.21. The van der Waals surface area contributed by atoms with Crippen LogP contribution < -0.4 is 5.32 Å². The summed E-state index contributed by atoms with van der Waals surface area (Å²) in [5.74, 6) is -2.51.